The van der Waals surface area contributed by atoms with Gasteiger partial charge in [0.15, 0.2) is 10.7 Å². The number of nitrogens with one attached hydrogen (secondary N) is 2. The molecule has 4 aromatic rings. The molecule has 0 aliphatic heterocycles. The smallest absolute Gasteiger partial charge is 0.270 e. The largest absolute Gasteiger partial charge is 0.436 e. The van der Waals surface area contributed by atoms with Gasteiger partial charge in [0.1, 0.15) is 5.52 Å². The zero-order chi connectivity index (χ0) is 25.7. The zero-order valence-corrected chi connectivity index (χ0v) is 20.5. The van der Waals surface area contributed by atoms with Crippen LogP contribution in [0.2, 0.25) is 0 Å². The summed E-state index contributed by atoms with van der Waals surface area (Å²) >= 11 is 5.21. The highest BCUT2D eigenvalue weighted by atomic mass is 32.1. The predicted molar refractivity (Wildman–Crippen MR) is 145 cm³/mol. The normalized spacial score (nSPS) is 11.9. The van der Waals surface area contributed by atoms with E-state index < -0.39 is 10.8 Å². The number of oxazole rings is 1. The number of amides is 1. The topological polar surface area (TPSA) is 110 Å². The third-order valence-corrected chi connectivity index (χ3v) is 5.93. The van der Waals surface area contributed by atoms with Crippen LogP contribution < -0.4 is 10.6 Å². The van der Waals surface area contributed by atoms with E-state index >= 15 is 0 Å². The minimum absolute atomic E-state index is 0.0492. The van der Waals surface area contributed by atoms with Gasteiger partial charge in [0.2, 0.25) is 11.8 Å². The van der Waals surface area contributed by atoms with Crippen LogP contribution in [0.5, 0.6) is 0 Å². The number of hydrogen-bond acceptors (Lipinski definition) is 6. The first-order valence-corrected chi connectivity index (χ1v) is 11.8. The van der Waals surface area contributed by atoms with Crippen molar-refractivity contribution >= 4 is 51.8 Å². The van der Waals surface area contributed by atoms with Gasteiger partial charge >= 0.3 is 0 Å². The molecule has 36 heavy (non-hydrogen) atoms. The first kappa shape index (κ1) is 24.7. The molecule has 182 valence electrons. The molecule has 0 fully saturated rings. The molecule has 1 amide bonds. The molecule has 0 aliphatic rings. The van der Waals surface area contributed by atoms with Crippen molar-refractivity contribution in [3.05, 3.63) is 94.0 Å². The summed E-state index contributed by atoms with van der Waals surface area (Å²) < 4.78 is 5.92. The van der Waals surface area contributed by atoms with Crippen LogP contribution in [-0.4, -0.2) is 20.9 Å². The second-order valence-corrected chi connectivity index (χ2v) is 8.67. The van der Waals surface area contributed by atoms with Crippen LogP contribution in [0.1, 0.15) is 37.3 Å². The van der Waals surface area contributed by atoms with E-state index in [-0.39, 0.29) is 10.8 Å². The summed E-state index contributed by atoms with van der Waals surface area (Å²) in [6, 6.07) is 19.4. The Morgan fingerprint density at radius 1 is 1.17 bits per heavy atom. The van der Waals surface area contributed by atoms with Gasteiger partial charge in [0.05, 0.1) is 4.92 Å². The molecule has 4 rings (SSSR count). The Bertz CT molecular complexity index is 1460. The van der Waals surface area contributed by atoms with Gasteiger partial charge in [-0.2, -0.15) is 0 Å². The van der Waals surface area contributed by atoms with Crippen molar-refractivity contribution in [2.45, 2.75) is 26.2 Å². The van der Waals surface area contributed by atoms with E-state index in [2.05, 4.69) is 41.6 Å². The van der Waals surface area contributed by atoms with E-state index in [0.29, 0.717) is 23.1 Å². The molecule has 0 saturated heterocycles. The maximum absolute atomic E-state index is 12.2. The lowest BCUT2D eigenvalue weighted by atomic mass is 9.98. The van der Waals surface area contributed by atoms with E-state index in [1.54, 1.807) is 12.1 Å². The molecule has 9 heteroatoms. The van der Waals surface area contributed by atoms with Gasteiger partial charge in [-0.1, -0.05) is 32.0 Å². The van der Waals surface area contributed by atoms with Crippen LogP contribution in [0.25, 0.3) is 28.6 Å². The molecule has 0 unspecified atom stereocenters. The van der Waals surface area contributed by atoms with Crippen molar-refractivity contribution in [1.82, 2.24) is 10.3 Å². The summed E-state index contributed by atoms with van der Waals surface area (Å²) in [6.45, 7) is 4.35. The van der Waals surface area contributed by atoms with Gasteiger partial charge < -0.3 is 9.73 Å². The fourth-order valence-corrected chi connectivity index (χ4v) is 3.75. The molecule has 3 aromatic carbocycles. The van der Waals surface area contributed by atoms with Crippen molar-refractivity contribution in [3.8, 4) is 11.5 Å². The average Bonchev–Trinajstić information content (AvgIpc) is 3.31. The second-order valence-electron chi connectivity index (χ2n) is 8.26. The predicted octanol–water partition coefficient (Wildman–Crippen LogP) is 6.44. The summed E-state index contributed by atoms with van der Waals surface area (Å²) in [4.78, 5) is 27.2. The van der Waals surface area contributed by atoms with Crippen molar-refractivity contribution in [2.75, 3.05) is 5.32 Å². The number of benzene rings is 3. The standard InChI is InChI=1S/C27H24N4O4S/c1-3-17(2)20-10-13-24-23(16-20)29-26(35-24)19-8-11-21(12-9-19)28-27(36)30-25(32)14-7-18-5-4-6-22(15-18)31(33)34/h4-17H,3H2,1-2H3,(H2,28,30,32,36)/b14-7+/t17-/m1/s1. The van der Waals surface area contributed by atoms with E-state index in [9.17, 15) is 14.9 Å². The van der Waals surface area contributed by atoms with Crippen molar-refractivity contribution in [2.24, 2.45) is 0 Å². The first-order valence-electron chi connectivity index (χ1n) is 11.4. The fraction of sp³-hybridized carbons (Fsp3) is 0.148. The Labute approximate surface area is 213 Å². The summed E-state index contributed by atoms with van der Waals surface area (Å²) in [6.07, 6.45) is 3.79. The van der Waals surface area contributed by atoms with Gasteiger partial charge in [0.25, 0.3) is 5.69 Å². The van der Waals surface area contributed by atoms with Gasteiger partial charge in [-0.25, -0.2) is 4.98 Å². The minimum Gasteiger partial charge on any atom is -0.436 e. The molecule has 1 atom stereocenters. The Balaban J connectivity index is 1.36. The average molecular weight is 501 g/mol. The number of fused-ring (bicyclic) bond motifs is 1. The number of nitro benzene ring substituents is 1. The monoisotopic (exact) mass is 500 g/mol. The molecule has 8 nitrogen and oxygen atoms in total. The summed E-state index contributed by atoms with van der Waals surface area (Å²) in [5, 5.41) is 16.5. The zero-order valence-electron chi connectivity index (χ0n) is 19.7. The molecule has 0 spiro atoms. The first-order chi connectivity index (χ1) is 17.3. The van der Waals surface area contributed by atoms with Crippen LogP contribution in [0.3, 0.4) is 0 Å². The number of carbonyl (C=O) groups is 1. The number of non-ortho nitro benzene ring substituents is 1. The molecule has 0 saturated carbocycles. The number of nitro groups is 1. The van der Waals surface area contributed by atoms with E-state index in [1.807, 2.05) is 30.3 Å². The van der Waals surface area contributed by atoms with Crippen LogP contribution >= 0.6 is 12.2 Å². The number of hydrogen-bond donors (Lipinski definition) is 2. The Morgan fingerprint density at radius 2 is 1.94 bits per heavy atom. The van der Waals surface area contributed by atoms with E-state index in [1.165, 1.54) is 29.8 Å². The third kappa shape index (κ3) is 6.00. The lowest BCUT2D eigenvalue weighted by Gasteiger charge is -2.08. The van der Waals surface area contributed by atoms with Crippen LogP contribution in [0, 0.1) is 10.1 Å². The highest BCUT2D eigenvalue weighted by Gasteiger charge is 2.11. The quantitative estimate of drug-likeness (QED) is 0.130. The molecular weight excluding hydrogens is 476 g/mol. The number of rotatable bonds is 7. The Kier molecular flexibility index (Phi) is 7.50. The summed E-state index contributed by atoms with van der Waals surface area (Å²) in [5.41, 5.74) is 4.78. The number of aromatic nitrogens is 1. The minimum atomic E-state index is -0.490. The molecule has 1 heterocycles. The van der Waals surface area contributed by atoms with E-state index in [4.69, 9.17) is 16.6 Å². The lowest BCUT2D eigenvalue weighted by molar-refractivity contribution is -0.384. The van der Waals surface area contributed by atoms with E-state index in [0.717, 1.165) is 23.1 Å². The summed E-state index contributed by atoms with van der Waals surface area (Å²) in [7, 11) is 0. The number of thiocarbonyl (C=S) groups is 1. The van der Waals surface area contributed by atoms with Crippen LogP contribution in [-0.2, 0) is 4.79 Å². The number of carbonyl (C=O) groups excluding carboxylic acids is 1. The molecule has 0 radical (unpaired) electrons. The Hall–Kier alpha value is -4.37. The molecular formula is C27H24N4O4S. The number of nitrogens with zero attached hydrogens (tertiary/aromatic N) is 2. The fourth-order valence-electron chi connectivity index (χ4n) is 3.54. The van der Waals surface area contributed by atoms with Gasteiger partial charge in [-0.05, 0) is 78.2 Å². The van der Waals surface area contributed by atoms with Crippen LogP contribution in [0.15, 0.2) is 77.2 Å². The molecule has 0 aliphatic carbocycles. The van der Waals surface area contributed by atoms with Gasteiger partial charge in [-0.15, -0.1) is 0 Å². The molecule has 2 N–H and O–H groups in total. The van der Waals surface area contributed by atoms with Crippen molar-refractivity contribution < 1.29 is 14.1 Å². The highest BCUT2D eigenvalue weighted by Crippen LogP contribution is 2.28. The van der Waals surface area contributed by atoms with Gasteiger partial charge in [0, 0.05) is 29.5 Å². The highest BCUT2D eigenvalue weighted by molar-refractivity contribution is 7.80. The third-order valence-electron chi connectivity index (χ3n) is 5.73. The van der Waals surface area contributed by atoms with Crippen LogP contribution in [0.4, 0.5) is 11.4 Å². The van der Waals surface area contributed by atoms with Gasteiger partial charge in [-0.3, -0.25) is 20.2 Å². The lowest BCUT2D eigenvalue weighted by Crippen LogP contribution is -2.32. The SMILES string of the molecule is CC[C@@H](C)c1ccc2oc(-c3ccc(NC(=S)NC(=O)/C=C/c4cccc([N+](=O)[O-])c4)cc3)nc2c1. The number of anilines is 1. The molecule has 0 bridgehead atoms. The maximum atomic E-state index is 12.2. The Morgan fingerprint density at radius 3 is 2.67 bits per heavy atom. The summed E-state index contributed by atoms with van der Waals surface area (Å²) in [5.74, 6) is 0.526. The molecule has 1 aromatic heterocycles. The van der Waals surface area contributed by atoms with Crippen molar-refractivity contribution in [1.29, 1.82) is 0 Å². The van der Waals surface area contributed by atoms with Crippen molar-refractivity contribution in [3.63, 3.8) is 0 Å². The maximum Gasteiger partial charge on any atom is 0.270 e. The second kappa shape index (κ2) is 10.9.